The zero-order chi connectivity index (χ0) is 39.6. The molecule has 6 heteroatoms. The van der Waals surface area contributed by atoms with Crippen LogP contribution >= 0.6 is 0 Å². The molecule has 0 radical (unpaired) electrons. The summed E-state index contributed by atoms with van der Waals surface area (Å²) in [5.41, 5.74) is 0. The molecular formula is C48H77NO5. The Balaban J connectivity index is 4.87. The number of esters is 1. The van der Waals surface area contributed by atoms with Crippen LogP contribution in [-0.2, 0) is 14.3 Å². The number of carbonyl (C=O) groups is 2. The fourth-order valence-electron chi connectivity index (χ4n) is 5.64. The van der Waals surface area contributed by atoms with Crippen LogP contribution in [-0.4, -0.2) is 46.9 Å². The van der Waals surface area contributed by atoms with E-state index < -0.39 is 18.2 Å². The van der Waals surface area contributed by atoms with E-state index in [-0.39, 0.29) is 24.9 Å². The summed E-state index contributed by atoms with van der Waals surface area (Å²) >= 11 is 0. The summed E-state index contributed by atoms with van der Waals surface area (Å²) in [5, 5.41) is 23.5. The van der Waals surface area contributed by atoms with E-state index >= 15 is 0 Å². The zero-order valence-electron chi connectivity index (χ0n) is 34.3. The summed E-state index contributed by atoms with van der Waals surface area (Å²) in [6, 6.07) is -0.737. The van der Waals surface area contributed by atoms with Crippen LogP contribution in [0.3, 0.4) is 0 Å². The van der Waals surface area contributed by atoms with Crippen LogP contribution in [0.5, 0.6) is 0 Å². The minimum atomic E-state index is -0.817. The lowest BCUT2D eigenvalue weighted by Crippen LogP contribution is -2.46. The van der Waals surface area contributed by atoms with Gasteiger partial charge in [-0.1, -0.05) is 194 Å². The molecule has 0 aromatic heterocycles. The molecule has 0 saturated carbocycles. The van der Waals surface area contributed by atoms with Crippen molar-refractivity contribution in [2.45, 2.75) is 174 Å². The van der Waals surface area contributed by atoms with Crippen LogP contribution in [0.4, 0.5) is 0 Å². The summed E-state index contributed by atoms with van der Waals surface area (Å²) < 4.78 is 5.83. The highest BCUT2D eigenvalue weighted by molar-refractivity contribution is 5.77. The SMILES string of the molecule is CC/C=C/C=C/C=C\C=C/C=C/CCCC(CC(=O)NC(CO)C(O)CCCCCCCCCCC)OC(=O)CCCCC\C=C/C=C\C=C\C=C\CC. The van der Waals surface area contributed by atoms with E-state index in [1.54, 1.807) is 0 Å². The molecular weight excluding hydrogens is 671 g/mol. The van der Waals surface area contributed by atoms with Crippen LogP contribution in [0, 0.1) is 0 Å². The van der Waals surface area contributed by atoms with Crippen molar-refractivity contribution in [2.75, 3.05) is 6.61 Å². The first-order valence-electron chi connectivity index (χ1n) is 21.2. The normalized spacial score (nSPS) is 14.5. The second kappa shape index (κ2) is 40.7. The molecule has 0 fully saturated rings. The molecule has 6 nitrogen and oxygen atoms in total. The summed E-state index contributed by atoms with van der Waals surface area (Å²) in [6.07, 6.45) is 54.4. The molecule has 3 atom stereocenters. The number of nitrogens with one attached hydrogen (secondary N) is 1. The number of ether oxygens (including phenoxy) is 1. The molecule has 0 rings (SSSR count). The van der Waals surface area contributed by atoms with Gasteiger partial charge in [-0.15, -0.1) is 0 Å². The van der Waals surface area contributed by atoms with Gasteiger partial charge in [0.05, 0.1) is 25.2 Å². The second-order valence-corrected chi connectivity index (χ2v) is 13.8. The third-order valence-electron chi connectivity index (χ3n) is 8.82. The minimum Gasteiger partial charge on any atom is -0.462 e. The lowest BCUT2D eigenvalue weighted by molar-refractivity contribution is -0.151. The molecule has 304 valence electrons. The van der Waals surface area contributed by atoms with Crippen molar-refractivity contribution in [2.24, 2.45) is 0 Å². The summed E-state index contributed by atoms with van der Waals surface area (Å²) in [5.74, 6) is -0.611. The molecule has 0 aliphatic carbocycles. The van der Waals surface area contributed by atoms with E-state index in [4.69, 9.17) is 4.74 Å². The van der Waals surface area contributed by atoms with Gasteiger partial charge in [-0.3, -0.25) is 9.59 Å². The highest BCUT2D eigenvalue weighted by Gasteiger charge is 2.23. The fourth-order valence-corrected chi connectivity index (χ4v) is 5.64. The first-order valence-corrected chi connectivity index (χ1v) is 21.2. The number of carbonyl (C=O) groups excluding carboxylic acids is 2. The maximum Gasteiger partial charge on any atom is 0.306 e. The Labute approximate surface area is 330 Å². The van der Waals surface area contributed by atoms with E-state index in [1.807, 2.05) is 85.1 Å². The number of amides is 1. The number of aliphatic hydroxyl groups excluding tert-OH is 2. The van der Waals surface area contributed by atoms with E-state index in [9.17, 15) is 19.8 Å². The monoisotopic (exact) mass is 748 g/mol. The van der Waals surface area contributed by atoms with Crippen molar-refractivity contribution in [3.05, 3.63) is 109 Å². The van der Waals surface area contributed by atoms with Gasteiger partial charge < -0.3 is 20.3 Å². The van der Waals surface area contributed by atoms with Gasteiger partial charge in [-0.05, 0) is 57.8 Å². The molecule has 1 amide bonds. The van der Waals surface area contributed by atoms with E-state index in [0.29, 0.717) is 19.3 Å². The minimum absolute atomic E-state index is 0.00472. The van der Waals surface area contributed by atoms with Crippen LogP contribution in [0.1, 0.15) is 156 Å². The second-order valence-electron chi connectivity index (χ2n) is 13.8. The molecule has 0 spiro atoms. The van der Waals surface area contributed by atoms with E-state index in [0.717, 1.165) is 70.6 Å². The van der Waals surface area contributed by atoms with Gasteiger partial charge in [-0.2, -0.15) is 0 Å². The first-order chi connectivity index (χ1) is 26.5. The van der Waals surface area contributed by atoms with Crippen LogP contribution in [0.25, 0.3) is 0 Å². The van der Waals surface area contributed by atoms with Gasteiger partial charge in [0.1, 0.15) is 6.10 Å². The van der Waals surface area contributed by atoms with Gasteiger partial charge >= 0.3 is 5.97 Å². The molecule has 0 aliphatic rings. The summed E-state index contributed by atoms with van der Waals surface area (Å²) in [7, 11) is 0. The maximum atomic E-state index is 13.1. The van der Waals surface area contributed by atoms with Crippen molar-refractivity contribution in [3.63, 3.8) is 0 Å². The smallest absolute Gasteiger partial charge is 0.306 e. The average molecular weight is 748 g/mol. The van der Waals surface area contributed by atoms with Crippen molar-refractivity contribution < 1.29 is 24.5 Å². The van der Waals surface area contributed by atoms with Crippen LogP contribution < -0.4 is 5.32 Å². The van der Waals surface area contributed by atoms with Gasteiger partial charge in [0, 0.05) is 6.42 Å². The van der Waals surface area contributed by atoms with Crippen molar-refractivity contribution >= 4 is 11.9 Å². The molecule has 0 aromatic rings. The molecule has 3 N–H and O–H groups in total. The Kier molecular flexibility index (Phi) is 38.1. The average Bonchev–Trinajstić information content (AvgIpc) is 3.16. The molecule has 0 aliphatic heterocycles. The lowest BCUT2D eigenvalue weighted by Gasteiger charge is -2.24. The molecule has 0 saturated heterocycles. The maximum absolute atomic E-state index is 13.1. The first kappa shape index (κ1) is 50.5. The third kappa shape index (κ3) is 35.5. The largest absolute Gasteiger partial charge is 0.462 e. The number of hydrogen-bond donors (Lipinski definition) is 3. The van der Waals surface area contributed by atoms with Crippen LogP contribution in [0.2, 0.25) is 0 Å². The van der Waals surface area contributed by atoms with Gasteiger partial charge in [0.2, 0.25) is 5.91 Å². The highest BCUT2D eigenvalue weighted by atomic mass is 16.5. The summed E-state index contributed by atoms with van der Waals surface area (Å²) in [6.45, 7) is 6.10. The molecule has 0 bridgehead atoms. The predicted molar refractivity (Wildman–Crippen MR) is 231 cm³/mol. The van der Waals surface area contributed by atoms with E-state index in [1.165, 1.54) is 38.5 Å². The Morgan fingerprint density at radius 1 is 0.556 bits per heavy atom. The molecule has 54 heavy (non-hydrogen) atoms. The quantitative estimate of drug-likeness (QED) is 0.0341. The molecule has 0 heterocycles. The van der Waals surface area contributed by atoms with Gasteiger partial charge in [0.15, 0.2) is 0 Å². The number of aliphatic hydroxyl groups is 2. The van der Waals surface area contributed by atoms with Crippen molar-refractivity contribution in [1.82, 2.24) is 5.32 Å². The number of allylic oxidation sites excluding steroid dienone is 18. The third-order valence-corrected chi connectivity index (χ3v) is 8.82. The Morgan fingerprint density at radius 3 is 1.54 bits per heavy atom. The van der Waals surface area contributed by atoms with Gasteiger partial charge in [-0.25, -0.2) is 0 Å². The van der Waals surface area contributed by atoms with Gasteiger partial charge in [0.25, 0.3) is 0 Å². The fraction of sp³-hybridized carbons (Fsp3) is 0.583. The number of rotatable bonds is 35. The topological polar surface area (TPSA) is 95.9 Å². The van der Waals surface area contributed by atoms with E-state index in [2.05, 4.69) is 50.4 Å². The Hall–Kier alpha value is -3.48. The highest BCUT2D eigenvalue weighted by Crippen LogP contribution is 2.15. The molecule has 0 aromatic carbocycles. The summed E-state index contributed by atoms with van der Waals surface area (Å²) in [4.78, 5) is 25.9. The molecule has 3 unspecified atom stereocenters. The zero-order valence-corrected chi connectivity index (χ0v) is 34.3. The predicted octanol–water partition coefficient (Wildman–Crippen LogP) is 12.0. The number of hydrogen-bond acceptors (Lipinski definition) is 5. The van der Waals surface area contributed by atoms with Crippen molar-refractivity contribution in [3.8, 4) is 0 Å². The Bertz CT molecular complexity index is 1160. The Morgan fingerprint density at radius 2 is 1.02 bits per heavy atom. The lowest BCUT2D eigenvalue weighted by atomic mass is 10.0. The van der Waals surface area contributed by atoms with Crippen molar-refractivity contribution in [1.29, 1.82) is 0 Å². The number of unbranched alkanes of at least 4 members (excludes halogenated alkanes) is 12. The standard InChI is InChI=1S/C48H77NO5/c1-4-7-10-13-16-19-21-23-25-28-30-33-36-39-44(54-48(53)41-38-35-32-29-26-24-22-20-17-14-11-8-5-2)42-47(52)49-45(43-50)46(51)40-37-34-31-27-18-15-12-9-6-3/h7-8,10-11,13-14,16-17,19-26,28,30,44-46,50-51H,4-6,9,12,15,18,27,29,31-43H2,1-3H3,(H,49,52)/b10-7+,11-8+,16-13+,17-14+,21-19-,22-20-,25-23-,26-24-,30-28+. The van der Waals surface area contributed by atoms with Crippen LogP contribution in [0.15, 0.2) is 109 Å².